The number of imidazole rings is 1. The highest BCUT2D eigenvalue weighted by Crippen LogP contribution is 2.08. The van der Waals surface area contributed by atoms with Gasteiger partial charge in [0.15, 0.2) is 0 Å². The van der Waals surface area contributed by atoms with Gasteiger partial charge in [0, 0.05) is 24.7 Å². The van der Waals surface area contributed by atoms with Gasteiger partial charge in [0.2, 0.25) is 41.4 Å². The molecule has 0 spiro atoms. The van der Waals surface area contributed by atoms with Gasteiger partial charge in [0.25, 0.3) is 0 Å². The summed E-state index contributed by atoms with van der Waals surface area (Å²) in [5.74, 6) is -9.01. The first-order valence-corrected chi connectivity index (χ1v) is 18.9. The first-order chi connectivity index (χ1) is 26.4. The second kappa shape index (κ2) is 25.7. The largest absolute Gasteiger partial charge is 0.481 e. The summed E-state index contributed by atoms with van der Waals surface area (Å²) < 4.78 is 0. The second-order valence-corrected chi connectivity index (χ2v) is 13.6. The molecule has 1 aromatic heterocycles. The number of carbonyl (C=O) groups is 9. The van der Waals surface area contributed by atoms with Gasteiger partial charge in [0.1, 0.15) is 36.3 Å². The smallest absolute Gasteiger partial charge is 0.326 e. The Bertz CT molecular complexity index is 1500. The molecule has 16 N–H and O–H groups in total. The van der Waals surface area contributed by atoms with Crippen LogP contribution in [0.1, 0.15) is 57.6 Å². The van der Waals surface area contributed by atoms with Crippen LogP contribution in [0.3, 0.4) is 0 Å². The number of aliphatic hydroxyl groups is 1. The molecule has 1 aromatic rings. The van der Waals surface area contributed by atoms with Crippen molar-refractivity contribution in [3.8, 4) is 0 Å². The number of carboxylic acids is 2. The number of amides is 7. The number of nitrogens with two attached hydrogens (primary N) is 3. The topological polar surface area (TPSA) is 393 Å². The maximum absolute atomic E-state index is 13.4. The van der Waals surface area contributed by atoms with Crippen LogP contribution in [0.25, 0.3) is 0 Å². The monoisotopic (exact) mass is 815 g/mol. The zero-order chi connectivity index (χ0) is 42.4. The molecule has 56 heavy (non-hydrogen) atoms. The van der Waals surface area contributed by atoms with Crippen molar-refractivity contribution in [3.05, 3.63) is 18.2 Å². The number of H-pyrrole nitrogens is 1. The Labute approximate surface area is 326 Å². The molecule has 1 rings (SSSR count). The standard InChI is InChI=1S/C32H53N11O12S/c1-16(44)26(35)31(53)43-21(11-17-13-36-15-38-17)30(52)42-22(12-23(34)45)27(49)37-14-24(46)39-19(6-7-25(47)48)29(51)40-18(5-3-4-9-33)28(50)41-20(32(54)55)8-10-56-2/h13,15-16,18-22,26,44H,3-12,14,33,35H2,1-2H3,(H2,34,45)(H,36,38)(H,37,49)(H,39,46)(H,40,51)(H,41,50)(H,42,52)(H,43,53)(H,47,48)(H,54,55)/t16-,18+,19+,20+,21+,22+,26+/m1/s1. The summed E-state index contributed by atoms with van der Waals surface area (Å²) in [7, 11) is 0. The third kappa shape index (κ3) is 18.8. The van der Waals surface area contributed by atoms with Gasteiger partial charge >= 0.3 is 11.9 Å². The molecule has 0 bridgehead atoms. The van der Waals surface area contributed by atoms with E-state index in [1.54, 1.807) is 6.26 Å². The minimum atomic E-state index is -1.68. The minimum Gasteiger partial charge on any atom is -0.481 e. The number of aliphatic carboxylic acids is 2. The molecule has 1 heterocycles. The summed E-state index contributed by atoms with van der Waals surface area (Å²) in [6.45, 7) is 0.669. The number of unbranched alkanes of at least 4 members (excludes halogenated alkanes) is 1. The number of hydrogen-bond acceptors (Lipinski definition) is 14. The predicted molar refractivity (Wildman–Crippen MR) is 199 cm³/mol. The zero-order valence-corrected chi connectivity index (χ0v) is 31.9. The lowest BCUT2D eigenvalue weighted by Crippen LogP contribution is -2.59. The van der Waals surface area contributed by atoms with Crippen LogP contribution < -0.4 is 49.1 Å². The third-order valence-electron chi connectivity index (χ3n) is 8.00. The van der Waals surface area contributed by atoms with Crippen molar-refractivity contribution in [2.24, 2.45) is 17.2 Å². The van der Waals surface area contributed by atoms with E-state index in [1.807, 2.05) is 0 Å². The molecule has 314 valence electrons. The van der Waals surface area contributed by atoms with Gasteiger partial charge in [-0.05, 0) is 57.6 Å². The molecule has 0 aromatic carbocycles. The number of carboxylic acid groups (broad SMARTS) is 2. The summed E-state index contributed by atoms with van der Waals surface area (Å²) in [5.41, 5.74) is 16.9. The number of primary amides is 1. The molecule has 24 heteroatoms. The van der Waals surface area contributed by atoms with Gasteiger partial charge in [0.05, 0.1) is 25.4 Å². The lowest BCUT2D eigenvalue weighted by atomic mass is 10.1. The van der Waals surface area contributed by atoms with E-state index in [4.69, 9.17) is 17.2 Å². The van der Waals surface area contributed by atoms with Gasteiger partial charge in [-0.2, -0.15) is 11.8 Å². The molecular weight excluding hydrogens is 762 g/mol. The molecule has 0 radical (unpaired) electrons. The first-order valence-electron chi connectivity index (χ1n) is 17.5. The van der Waals surface area contributed by atoms with Crippen molar-refractivity contribution < 1.29 is 58.5 Å². The number of thioether (sulfide) groups is 1. The van der Waals surface area contributed by atoms with Crippen LogP contribution in [-0.4, -0.2) is 146 Å². The third-order valence-corrected chi connectivity index (χ3v) is 8.64. The fourth-order valence-corrected chi connectivity index (χ4v) is 5.34. The van der Waals surface area contributed by atoms with E-state index in [2.05, 4.69) is 41.9 Å². The highest BCUT2D eigenvalue weighted by Gasteiger charge is 2.32. The van der Waals surface area contributed by atoms with Crippen molar-refractivity contribution in [1.29, 1.82) is 0 Å². The molecule has 7 atom stereocenters. The molecule has 0 unspecified atom stereocenters. The lowest BCUT2D eigenvalue weighted by Gasteiger charge is -2.25. The average Bonchev–Trinajstić information content (AvgIpc) is 3.65. The maximum atomic E-state index is 13.4. The van der Waals surface area contributed by atoms with Crippen LogP contribution in [0.2, 0.25) is 0 Å². The van der Waals surface area contributed by atoms with Crippen molar-refractivity contribution in [2.75, 3.05) is 25.1 Å². The van der Waals surface area contributed by atoms with E-state index in [9.17, 15) is 58.5 Å². The fraction of sp³-hybridized carbons (Fsp3) is 0.625. The molecule has 0 saturated carbocycles. The molecule has 0 aliphatic heterocycles. The van der Waals surface area contributed by atoms with E-state index in [0.717, 1.165) is 0 Å². The summed E-state index contributed by atoms with van der Waals surface area (Å²) in [6, 6.07) is -8.59. The van der Waals surface area contributed by atoms with Gasteiger partial charge in [-0.1, -0.05) is 0 Å². The summed E-state index contributed by atoms with van der Waals surface area (Å²) in [4.78, 5) is 120. The number of aromatic nitrogens is 2. The molecule has 0 saturated heterocycles. The van der Waals surface area contributed by atoms with Gasteiger partial charge < -0.3 is 69.4 Å². The SMILES string of the molecule is CSCC[C@H](NC(=O)[C@H](CCCCN)NC(=O)[C@H](CCC(=O)O)NC(=O)CNC(=O)[C@H](CC(N)=O)NC(=O)[C@H](Cc1cnc[nH]1)NC(=O)[C@@H](N)[C@@H](C)O)C(=O)O. The predicted octanol–water partition coefficient (Wildman–Crippen LogP) is -5.09. The normalized spacial score (nSPS) is 14.7. The molecule has 0 aliphatic carbocycles. The molecule has 0 aliphatic rings. The van der Waals surface area contributed by atoms with E-state index in [1.165, 1.54) is 31.2 Å². The average molecular weight is 816 g/mol. The lowest BCUT2D eigenvalue weighted by molar-refractivity contribution is -0.142. The number of carbonyl (C=O) groups excluding carboxylic acids is 7. The Morgan fingerprint density at radius 1 is 0.804 bits per heavy atom. The Balaban J connectivity index is 3.12. The summed E-state index contributed by atoms with van der Waals surface area (Å²) in [6.07, 6.45) is 2.08. The molecule has 23 nitrogen and oxygen atoms in total. The van der Waals surface area contributed by atoms with Crippen molar-refractivity contribution in [1.82, 2.24) is 41.9 Å². The number of rotatable bonds is 28. The van der Waals surface area contributed by atoms with Crippen molar-refractivity contribution >= 4 is 65.1 Å². The van der Waals surface area contributed by atoms with Crippen LogP contribution in [0, 0.1) is 0 Å². The first kappa shape index (κ1) is 48.7. The molecular formula is C32H53N11O12S. The second-order valence-electron chi connectivity index (χ2n) is 12.6. The fourth-order valence-electron chi connectivity index (χ4n) is 4.87. The van der Waals surface area contributed by atoms with Crippen LogP contribution in [-0.2, 0) is 49.6 Å². The van der Waals surface area contributed by atoms with Crippen LogP contribution in [0.15, 0.2) is 12.5 Å². The van der Waals surface area contributed by atoms with E-state index < -0.39 is 121 Å². The number of nitrogens with one attached hydrogen (secondary N) is 7. The van der Waals surface area contributed by atoms with E-state index in [-0.39, 0.29) is 25.8 Å². The summed E-state index contributed by atoms with van der Waals surface area (Å²) >= 11 is 1.37. The minimum absolute atomic E-state index is 0.0338. The number of nitrogens with zero attached hydrogens (tertiary/aromatic N) is 1. The number of aromatic amines is 1. The van der Waals surface area contributed by atoms with Gasteiger partial charge in [-0.15, -0.1) is 0 Å². The van der Waals surface area contributed by atoms with Gasteiger partial charge in [-0.3, -0.25) is 38.4 Å². The number of hydrogen-bond donors (Lipinski definition) is 13. The Morgan fingerprint density at radius 2 is 1.39 bits per heavy atom. The van der Waals surface area contributed by atoms with Crippen LogP contribution in [0.4, 0.5) is 0 Å². The molecule has 7 amide bonds. The highest BCUT2D eigenvalue weighted by molar-refractivity contribution is 7.98. The van der Waals surface area contributed by atoms with Crippen LogP contribution >= 0.6 is 11.8 Å². The van der Waals surface area contributed by atoms with E-state index in [0.29, 0.717) is 24.3 Å². The quantitative estimate of drug-likeness (QED) is 0.0352. The zero-order valence-electron chi connectivity index (χ0n) is 31.1. The van der Waals surface area contributed by atoms with Gasteiger partial charge in [-0.25, -0.2) is 9.78 Å². The van der Waals surface area contributed by atoms with E-state index >= 15 is 0 Å². The maximum Gasteiger partial charge on any atom is 0.326 e. The summed E-state index contributed by atoms with van der Waals surface area (Å²) in [5, 5.41) is 42.5. The highest BCUT2D eigenvalue weighted by atomic mass is 32.2. The van der Waals surface area contributed by atoms with Crippen molar-refractivity contribution in [3.63, 3.8) is 0 Å². The Kier molecular flexibility index (Phi) is 22.3. The molecule has 0 fully saturated rings. The number of aliphatic hydroxyl groups excluding tert-OH is 1. The Morgan fingerprint density at radius 3 is 1.93 bits per heavy atom. The Hall–Kier alpha value is -5.33. The van der Waals surface area contributed by atoms with Crippen molar-refractivity contribution in [2.45, 2.75) is 101 Å². The van der Waals surface area contributed by atoms with Crippen LogP contribution in [0.5, 0.6) is 0 Å².